The molecule has 3 amide bonds. The van der Waals surface area contributed by atoms with Crippen LogP contribution in [0.4, 0.5) is 0 Å². The van der Waals surface area contributed by atoms with Gasteiger partial charge in [0.05, 0.1) is 18.1 Å². The number of likely N-dealkylation sites (tertiary alicyclic amines) is 2. The molecule has 11 heteroatoms. The number of benzene rings is 2. The van der Waals surface area contributed by atoms with Crippen molar-refractivity contribution in [2.45, 2.75) is 62.3 Å². The Morgan fingerprint density at radius 1 is 0.875 bits per heavy atom. The van der Waals surface area contributed by atoms with E-state index in [9.17, 15) is 24.6 Å². The summed E-state index contributed by atoms with van der Waals surface area (Å²) < 4.78 is 0. The molecular weight excluding hydrogens is 555 g/mol. The lowest BCUT2D eigenvalue weighted by molar-refractivity contribution is -0.154. The van der Waals surface area contributed by atoms with Gasteiger partial charge < -0.3 is 31.5 Å². The topological polar surface area (TPSA) is 150 Å². The van der Waals surface area contributed by atoms with E-state index in [-0.39, 0.29) is 32.2 Å². The van der Waals surface area contributed by atoms with Gasteiger partial charge in [0.1, 0.15) is 11.6 Å². The van der Waals surface area contributed by atoms with E-state index in [4.69, 9.17) is 34.7 Å². The third-order valence-corrected chi connectivity index (χ3v) is 8.52. The van der Waals surface area contributed by atoms with Gasteiger partial charge in [-0.25, -0.2) is 0 Å². The largest absolute Gasteiger partial charge is 0.393 e. The zero-order chi connectivity index (χ0) is 29.0. The number of nitrogens with zero attached hydrogens (tertiary/aromatic N) is 2. The molecule has 2 aliphatic rings. The van der Waals surface area contributed by atoms with Crippen molar-refractivity contribution in [2.24, 2.45) is 17.4 Å². The Bertz CT molecular complexity index is 1200. The number of rotatable bonds is 8. The summed E-state index contributed by atoms with van der Waals surface area (Å²) in [4.78, 5) is 44.1. The van der Waals surface area contributed by atoms with Crippen LogP contribution in [-0.2, 0) is 27.2 Å². The van der Waals surface area contributed by atoms with Crippen molar-refractivity contribution >= 4 is 40.9 Å². The Balaban J connectivity index is 1.79. The van der Waals surface area contributed by atoms with Gasteiger partial charge in [0.15, 0.2) is 0 Å². The van der Waals surface area contributed by atoms with Crippen molar-refractivity contribution in [3.63, 3.8) is 0 Å². The van der Waals surface area contributed by atoms with Gasteiger partial charge in [0.2, 0.25) is 17.7 Å². The summed E-state index contributed by atoms with van der Waals surface area (Å²) in [6, 6.07) is 12.9. The van der Waals surface area contributed by atoms with Crippen LogP contribution in [0, 0.1) is 5.92 Å². The molecule has 0 aliphatic carbocycles. The van der Waals surface area contributed by atoms with Crippen molar-refractivity contribution in [3.8, 4) is 0 Å². The van der Waals surface area contributed by atoms with E-state index in [2.05, 4.69) is 0 Å². The molecule has 0 bridgehead atoms. The summed E-state index contributed by atoms with van der Waals surface area (Å²) in [5.74, 6) is -2.70. The van der Waals surface area contributed by atoms with Crippen LogP contribution in [0.2, 0.25) is 10.0 Å². The van der Waals surface area contributed by atoms with E-state index in [1.807, 2.05) is 0 Å². The molecule has 216 valence electrons. The van der Waals surface area contributed by atoms with Crippen molar-refractivity contribution in [1.82, 2.24) is 9.80 Å². The fraction of sp³-hybridized carbons (Fsp3) is 0.483. The van der Waals surface area contributed by atoms with Gasteiger partial charge in [0, 0.05) is 42.5 Å². The second-order valence-corrected chi connectivity index (χ2v) is 11.8. The second-order valence-electron chi connectivity index (χ2n) is 10.9. The first-order chi connectivity index (χ1) is 19.0. The van der Waals surface area contributed by atoms with Crippen molar-refractivity contribution in [2.75, 3.05) is 19.6 Å². The van der Waals surface area contributed by atoms with Gasteiger partial charge in [-0.15, -0.1) is 0 Å². The number of halogens is 2. The summed E-state index contributed by atoms with van der Waals surface area (Å²) >= 11 is 12.2. The fourth-order valence-corrected chi connectivity index (χ4v) is 5.93. The molecule has 0 radical (unpaired) electrons. The fourth-order valence-electron chi connectivity index (χ4n) is 5.68. The van der Waals surface area contributed by atoms with Gasteiger partial charge in [0.25, 0.3) is 0 Å². The minimum absolute atomic E-state index is 0.0153. The number of aliphatic hydroxyl groups excluding tert-OH is 2. The number of amides is 3. The van der Waals surface area contributed by atoms with Crippen LogP contribution in [0.25, 0.3) is 0 Å². The highest BCUT2D eigenvalue weighted by molar-refractivity contribution is 6.30. The first kappa shape index (κ1) is 30.3. The molecule has 4 rings (SSSR count). The van der Waals surface area contributed by atoms with Crippen molar-refractivity contribution < 1.29 is 24.6 Å². The van der Waals surface area contributed by atoms with Gasteiger partial charge in [-0.05, 0) is 61.1 Å². The SMILES string of the molecule is NC(=O)C1C[C@@H](O)CCN1C(=O)[C@@H](Cc1ccc(Cl)cc1)C(N)(Cc1ccc(Cl)cc1)C(=O)N1CCC(O)CC1. The predicted molar refractivity (Wildman–Crippen MR) is 152 cm³/mol. The maximum Gasteiger partial charge on any atom is 0.243 e. The number of carbonyl (C=O) groups is 3. The smallest absolute Gasteiger partial charge is 0.243 e. The first-order valence-corrected chi connectivity index (χ1v) is 14.3. The Morgan fingerprint density at radius 2 is 1.40 bits per heavy atom. The molecular formula is C29H36Cl2N4O5. The maximum absolute atomic E-state index is 14.4. The van der Waals surface area contributed by atoms with Crippen LogP contribution in [0.3, 0.4) is 0 Å². The number of piperidine rings is 2. The molecule has 6 N–H and O–H groups in total. The van der Waals surface area contributed by atoms with Crippen molar-refractivity contribution in [1.29, 1.82) is 0 Å². The van der Waals surface area contributed by atoms with E-state index in [0.29, 0.717) is 41.5 Å². The Hall–Kier alpha value is -2.69. The predicted octanol–water partition coefficient (Wildman–Crippen LogP) is 1.91. The molecule has 40 heavy (non-hydrogen) atoms. The van der Waals surface area contributed by atoms with Gasteiger partial charge in [-0.1, -0.05) is 47.5 Å². The lowest BCUT2D eigenvalue weighted by Crippen LogP contribution is -2.67. The Labute approximate surface area is 244 Å². The molecule has 2 fully saturated rings. The highest BCUT2D eigenvalue weighted by Gasteiger charge is 2.51. The highest BCUT2D eigenvalue weighted by Crippen LogP contribution is 2.32. The van der Waals surface area contributed by atoms with Gasteiger partial charge in [-0.2, -0.15) is 0 Å². The van der Waals surface area contributed by atoms with E-state index >= 15 is 0 Å². The summed E-state index contributed by atoms with van der Waals surface area (Å²) in [6.07, 6.45) is -0.0310. The summed E-state index contributed by atoms with van der Waals surface area (Å²) in [7, 11) is 0. The molecule has 9 nitrogen and oxygen atoms in total. The first-order valence-electron chi connectivity index (χ1n) is 13.5. The molecule has 0 saturated carbocycles. The van der Waals surface area contributed by atoms with Crippen LogP contribution in [0.15, 0.2) is 48.5 Å². The molecule has 2 heterocycles. The van der Waals surface area contributed by atoms with Crippen LogP contribution >= 0.6 is 23.2 Å². The van der Waals surface area contributed by atoms with Crippen LogP contribution in [0.1, 0.15) is 36.8 Å². The number of primary amides is 1. The molecule has 4 atom stereocenters. The van der Waals surface area contributed by atoms with E-state index < -0.39 is 47.4 Å². The zero-order valence-corrected chi connectivity index (χ0v) is 23.7. The second kappa shape index (κ2) is 12.9. The molecule has 2 aromatic rings. The van der Waals surface area contributed by atoms with Crippen LogP contribution in [0.5, 0.6) is 0 Å². The molecule has 0 spiro atoms. The minimum atomic E-state index is -1.72. The number of hydrogen-bond acceptors (Lipinski definition) is 6. The number of nitrogens with two attached hydrogens (primary N) is 2. The normalized spacial score (nSPS) is 22.4. The van der Waals surface area contributed by atoms with E-state index in [0.717, 1.165) is 5.56 Å². The maximum atomic E-state index is 14.4. The Morgan fingerprint density at radius 3 is 1.95 bits per heavy atom. The minimum Gasteiger partial charge on any atom is -0.393 e. The monoisotopic (exact) mass is 590 g/mol. The van der Waals surface area contributed by atoms with E-state index in [1.165, 1.54) is 4.90 Å². The number of hydrogen-bond donors (Lipinski definition) is 4. The average Bonchev–Trinajstić information content (AvgIpc) is 2.93. The molecule has 2 saturated heterocycles. The molecule has 2 aromatic carbocycles. The quantitative estimate of drug-likeness (QED) is 0.369. The van der Waals surface area contributed by atoms with Crippen LogP contribution in [-0.4, -0.2) is 81.2 Å². The summed E-state index contributed by atoms with van der Waals surface area (Å²) in [6.45, 7) is 0.717. The van der Waals surface area contributed by atoms with Crippen molar-refractivity contribution in [3.05, 3.63) is 69.7 Å². The number of aliphatic hydroxyl groups is 2. The third-order valence-electron chi connectivity index (χ3n) is 8.02. The number of carbonyl (C=O) groups excluding carboxylic acids is 3. The third kappa shape index (κ3) is 6.95. The summed E-state index contributed by atoms with van der Waals surface area (Å²) in [5, 5.41) is 21.3. The van der Waals surface area contributed by atoms with Gasteiger partial charge >= 0.3 is 0 Å². The Kier molecular flexibility index (Phi) is 9.74. The lowest BCUT2D eigenvalue weighted by atomic mass is 9.74. The standard InChI is InChI=1S/C29H36Cl2N4O5/c30-20-5-1-18(2-6-20)15-24(27(39)35-14-11-23(37)16-25(35)26(32)38)29(33,17-19-3-7-21(31)8-4-19)28(40)34-12-9-22(36)10-13-34/h1-8,22-25,36-37H,9-17,33H2,(H2,32,38)/t23-,24+,25?,29?/m0/s1. The van der Waals surface area contributed by atoms with Gasteiger partial charge in [-0.3, -0.25) is 14.4 Å². The highest BCUT2D eigenvalue weighted by atomic mass is 35.5. The average molecular weight is 592 g/mol. The molecule has 2 unspecified atom stereocenters. The van der Waals surface area contributed by atoms with E-state index in [1.54, 1.807) is 53.4 Å². The molecule has 2 aliphatic heterocycles. The lowest BCUT2D eigenvalue weighted by Gasteiger charge is -2.44. The van der Waals surface area contributed by atoms with Crippen LogP contribution < -0.4 is 11.5 Å². The summed E-state index contributed by atoms with van der Waals surface area (Å²) in [5.41, 5.74) is 12.5. The zero-order valence-electron chi connectivity index (χ0n) is 22.2. The molecule has 0 aromatic heterocycles.